The van der Waals surface area contributed by atoms with Crippen LogP contribution in [0, 0.1) is 5.82 Å². The summed E-state index contributed by atoms with van der Waals surface area (Å²) < 4.78 is 18.7. The summed E-state index contributed by atoms with van der Waals surface area (Å²) in [6, 6.07) is 4.65. The minimum Gasteiger partial charge on any atom is -0.481 e. The quantitative estimate of drug-likeness (QED) is 0.880. The van der Waals surface area contributed by atoms with Crippen LogP contribution in [-0.4, -0.2) is 29.7 Å². The number of rotatable bonds is 4. The summed E-state index contributed by atoms with van der Waals surface area (Å²) in [7, 11) is 1.64. The number of oxazole rings is 1. The number of fused-ring (bicyclic) bond motifs is 1. The number of hydrogen-bond acceptors (Lipinski definition) is 4. The highest BCUT2D eigenvalue weighted by atomic mass is 19.1. The molecule has 0 aliphatic heterocycles. The molecule has 1 heterocycles. The van der Waals surface area contributed by atoms with E-state index in [2.05, 4.69) is 4.98 Å². The van der Waals surface area contributed by atoms with Gasteiger partial charge in [0.2, 0.25) is 0 Å². The molecule has 0 saturated heterocycles. The maximum absolute atomic E-state index is 13.3. The number of benzene rings is 1. The molecule has 0 spiro atoms. The van der Waals surface area contributed by atoms with Gasteiger partial charge in [0.25, 0.3) is 6.01 Å². The molecule has 1 aromatic carbocycles. The summed E-state index contributed by atoms with van der Waals surface area (Å²) in [6.07, 6.45) is -0.0301. The minimum absolute atomic E-state index is 0.0301. The van der Waals surface area contributed by atoms with Crippen molar-refractivity contribution in [2.75, 3.05) is 18.5 Å². The first-order valence-electron chi connectivity index (χ1n) is 5.06. The number of carboxylic acid groups (broad SMARTS) is 1. The second kappa shape index (κ2) is 4.40. The summed E-state index contributed by atoms with van der Waals surface area (Å²) in [5.41, 5.74) is 0.506. The lowest BCUT2D eigenvalue weighted by atomic mass is 10.3. The molecule has 0 atom stereocenters. The van der Waals surface area contributed by atoms with Crippen LogP contribution in [0.25, 0.3) is 11.1 Å². The van der Waals surface area contributed by atoms with E-state index in [9.17, 15) is 9.18 Å². The largest absolute Gasteiger partial charge is 0.481 e. The summed E-state index contributed by atoms with van der Waals surface area (Å²) in [4.78, 5) is 15.9. The van der Waals surface area contributed by atoms with E-state index in [0.29, 0.717) is 5.58 Å². The van der Waals surface area contributed by atoms with Crippen LogP contribution in [-0.2, 0) is 4.79 Å². The van der Waals surface area contributed by atoms with Gasteiger partial charge in [-0.25, -0.2) is 4.39 Å². The number of para-hydroxylation sites is 1. The Labute approximate surface area is 96.5 Å². The average Bonchev–Trinajstić information content (AvgIpc) is 2.71. The number of carboxylic acids is 1. The number of hydrogen-bond donors (Lipinski definition) is 1. The van der Waals surface area contributed by atoms with E-state index < -0.39 is 11.8 Å². The third-order valence-electron chi connectivity index (χ3n) is 2.35. The van der Waals surface area contributed by atoms with Crippen LogP contribution >= 0.6 is 0 Å². The van der Waals surface area contributed by atoms with Crippen LogP contribution in [0.1, 0.15) is 6.42 Å². The van der Waals surface area contributed by atoms with Crippen LogP contribution in [0.15, 0.2) is 22.6 Å². The predicted molar refractivity (Wildman–Crippen MR) is 59.5 cm³/mol. The van der Waals surface area contributed by atoms with Crippen molar-refractivity contribution in [3.63, 3.8) is 0 Å². The Morgan fingerprint density at radius 3 is 3.00 bits per heavy atom. The summed E-state index contributed by atoms with van der Waals surface area (Å²) in [6.45, 7) is 0.254. The Hall–Kier alpha value is -2.11. The second-order valence-corrected chi connectivity index (χ2v) is 3.65. The highest BCUT2D eigenvalue weighted by Gasteiger charge is 2.13. The number of aromatic nitrogens is 1. The summed E-state index contributed by atoms with van der Waals surface area (Å²) in [5, 5.41) is 8.56. The lowest BCUT2D eigenvalue weighted by Crippen LogP contribution is -2.21. The zero-order valence-corrected chi connectivity index (χ0v) is 9.18. The van der Waals surface area contributed by atoms with Crippen molar-refractivity contribution in [2.45, 2.75) is 6.42 Å². The van der Waals surface area contributed by atoms with E-state index in [1.165, 1.54) is 17.0 Å². The molecule has 90 valence electrons. The molecular formula is C11H11FN2O3. The van der Waals surface area contributed by atoms with Gasteiger partial charge in [-0.2, -0.15) is 4.98 Å². The molecule has 0 amide bonds. The highest BCUT2D eigenvalue weighted by molar-refractivity contribution is 5.75. The fourth-order valence-corrected chi connectivity index (χ4v) is 1.43. The fraction of sp³-hybridized carbons (Fsp3) is 0.273. The molecule has 0 saturated carbocycles. The van der Waals surface area contributed by atoms with Gasteiger partial charge in [0.05, 0.1) is 6.42 Å². The lowest BCUT2D eigenvalue weighted by molar-refractivity contribution is -0.136. The maximum Gasteiger partial charge on any atom is 0.305 e. The van der Waals surface area contributed by atoms with Gasteiger partial charge in [-0.15, -0.1) is 0 Å². The van der Waals surface area contributed by atoms with Crippen LogP contribution in [0.3, 0.4) is 0 Å². The van der Waals surface area contributed by atoms with Crippen molar-refractivity contribution in [1.82, 2.24) is 4.98 Å². The Morgan fingerprint density at radius 1 is 1.59 bits per heavy atom. The molecule has 0 radical (unpaired) electrons. The number of halogens is 1. The van der Waals surface area contributed by atoms with E-state index >= 15 is 0 Å². The predicted octanol–water partition coefficient (Wildman–Crippen LogP) is 1.88. The van der Waals surface area contributed by atoms with Crippen molar-refractivity contribution in [2.24, 2.45) is 0 Å². The molecule has 0 bridgehead atoms. The number of nitrogens with zero attached hydrogens (tertiary/aromatic N) is 2. The molecule has 1 aromatic heterocycles. The van der Waals surface area contributed by atoms with Crippen molar-refractivity contribution in [3.05, 3.63) is 24.0 Å². The third kappa shape index (κ3) is 2.35. The third-order valence-corrected chi connectivity index (χ3v) is 2.35. The molecule has 0 aliphatic carbocycles. The van der Waals surface area contributed by atoms with Gasteiger partial charge in [0.1, 0.15) is 5.52 Å². The molecule has 5 nitrogen and oxygen atoms in total. The topological polar surface area (TPSA) is 66.6 Å². The van der Waals surface area contributed by atoms with E-state index in [-0.39, 0.29) is 24.5 Å². The van der Waals surface area contributed by atoms with E-state index in [4.69, 9.17) is 9.52 Å². The lowest BCUT2D eigenvalue weighted by Gasteiger charge is -2.11. The van der Waals surface area contributed by atoms with E-state index in [1.54, 1.807) is 13.1 Å². The van der Waals surface area contributed by atoms with Crippen LogP contribution in [0.4, 0.5) is 10.4 Å². The fourth-order valence-electron chi connectivity index (χ4n) is 1.43. The molecule has 2 rings (SSSR count). The van der Waals surface area contributed by atoms with Gasteiger partial charge < -0.3 is 14.4 Å². The molecule has 0 aliphatic rings. The second-order valence-electron chi connectivity index (χ2n) is 3.65. The summed E-state index contributed by atoms with van der Waals surface area (Å²) >= 11 is 0. The molecule has 6 heteroatoms. The number of aliphatic carboxylic acids is 1. The van der Waals surface area contributed by atoms with Gasteiger partial charge in [0, 0.05) is 13.6 Å². The highest BCUT2D eigenvalue weighted by Crippen LogP contribution is 2.23. The maximum atomic E-state index is 13.3. The Balaban J connectivity index is 2.24. The monoisotopic (exact) mass is 238 g/mol. The van der Waals surface area contributed by atoms with E-state index in [0.717, 1.165) is 0 Å². The van der Waals surface area contributed by atoms with Crippen LogP contribution in [0.5, 0.6) is 0 Å². The smallest absolute Gasteiger partial charge is 0.305 e. The SMILES string of the molecule is CN(CCC(=O)O)c1nc2c(F)cccc2o1. The van der Waals surface area contributed by atoms with Gasteiger partial charge in [0.15, 0.2) is 11.4 Å². The molecule has 1 N–H and O–H groups in total. The first-order valence-corrected chi connectivity index (χ1v) is 5.06. The number of carbonyl (C=O) groups is 1. The van der Waals surface area contributed by atoms with Crippen LogP contribution < -0.4 is 4.90 Å². The Morgan fingerprint density at radius 2 is 2.35 bits per heavy atom. The first-order chi connectivity index (χ1) is 8.08. The molecule has 0 unspecified atom stereocenters. The van der Waals surface area contributed by atoms with E-state index in [1.807, 2.05) is 0 Å². The van der Waals surface area contributed by atoms with Gasteiger partial charge >= 0.3 is 5.97 Å². The Bertz CT molecular complexity index is 553. The minimum atomic E-state index is -0.904. The average molecular weight is 238 g/mol. The zero-order valence-electron chi connectivity index (χ0n) is 9.18. The zero-order chi connectivity index (χ0) is 12.4. The molecule has 0 fully saturated rings. The van der Waals surface area contributed by atoms with Crippen LogP contribution in [0.2, 0.25) is 0 Å². The molecule has 2 aromatic rings. The normalized spacial score (nSPS) is 10.7. The van der Waals surface area contributed by atoms with Crippen molar-refractivity contribution >= 4 is 23.1 Å². The van der Waals surface area contributed by atoms with Crippen molar-refractivity contribution in [3.8, 4) is 0 Å². The number of anilines is 1. The van der Waals surface area contributed by atoms with Crippen molar-refractivity contribution < 1.29 is 18.7 Å². The van der Waals surface area contributed by atoms with Gasteiger partial charge in [-0.1, -0.05) is 6.07 Å². The van der Waals surface area contributed by atoms with Gasteiger partial charge in [-0.3, -0.25) is 4.79 Å². The van der Waals surface area contributed by atoms with Gasteiger partial charge in [-0.05, 0) is 12.1 Å². The van der Waals surface area contributed by atoms with Crippen molar-refractivity contribution in [1.29, 1.82) is 0 Å². The summed E-state index contributed by atoms with van der Waals surface area (Å²) in [5.74, 6) is -1.36. The first kappa shape index (κ1) is 11.4. The Kier molecular flexibility index (Phi) is 2.95. The molecule has 17 heavy (non-hydrogen) atoms. The molecular weight excluding hydrogens is 227 g/mol. The standard InChI is InChI=1S/C11H11FN2O3/c1-14(6-5-9(15)16)11-13-10-7(12)3-2-4-8(10)17-11/h2-4H,5-6H2,1H3,(H,15,16).